The van der Waals surface area contributed by atoms with E-state index in [9.17, 15) is 4.79 Å². The van der Waals surface area contributed by atoms with Crippen LogP contribution in [-0.2, 0) is 9.53 Å². The maximum atomic E-state index is 12.1. The van der Waals surface area contributed by atoms with Gasteiger partial charge in [-0.2, -0.15) is 0 Å². The molecule has 6 heteroatoms. The predicted octanol–water partition coefficient (Wildman–Crippen LogP) is 1.90. The molecule has 1 aliphatic heterocycles. The number of halogens is 1. The molecule has 2 atom stereocenters. The summed E-state index contributed by atoms with van der Waals surface area (Å²) in [6.45, 7) is 1.44. The molecule has 1 fully saturated rings. The summed E-state index contributed by atoms with van der Waals surface area (Å²) in [5.41, 5.74) is 7.44. The number of methoxy groups -OCH3 is 1. The fourth-order valence-electron chi connectivity index (χ4n) is 2.35. The van der Waals surface area contributed by atoms with Crippen molar-refractivity contribution in [3.05, 3.63) is 34.3 Å². The standard InChI is InChI=1S/C15H22BrN3O2/c1-21-9-3-2-8-17-15(20)14-10-13(18-19-14)11-4-6-12(16)7-5-11/h4-7,13-14,18-19H,2-3,8-10H2,1H3,(H,17,20). The summed E-state index contributed by atoms with van der Waals surface area (Å²) in [4.78, 5) is 12.1. The van der Waals surface area contributed by atoms with E-state index in [1.165, 1.54) is 5.56 Å². The van der Waals surface area contributed by atoms with Crippen molar-refractivity contribution in [3.63, 3.8) is 0 Å². The SMILES string of the molecule is COCCCCNC(=O)C1CC(c2ccc(Br)cc2)NN1. The molecule has 1 saturated heterocycles. The van der Waals surface area contributed by atoms with E-state index < -0.39 is 0 Å². The molecule has 0 spiro atoms. The van der Waals surface area contributed by atoms with Crippen molar-refractivity contribution in [2.24, 2.45) is 0 Å². The number of hydrogen-bond acceptors (Lipinski definition) is 4. The van der Waals surface area contributed by atoms with Crippen LogP contribution in [0.25, 0.3) is 0 Å². The van der Waals surface area contributed by atoms with Gasteiger partial charge in [0.15, 0.2) is 0 Å². The van der Waals surface area contributed by atoms with Gasteiger partial charge in [-0.15, -0.1) is 0 Å². The average molecular weight is 356 g/mol. The zero-order chi connectivity index (χ0) is 15.1. The normalized spacial score (nSPS) is 21.4. The first-order valence-electron chi connectivity index (χ1n) is 7.24. The lowest BCUT2D eigenvalue weighted by molar-refractivity contribution is -0.122. The molecule has 3 N–H and O–H groups in total. The second kappa shape index (κ2) is 8.48. The largest absolute Gasteiger partial charge is 0.385 e. The van der Waals surface area contributed by atoms with Crippen molar-refractivity contribution in [2.45, 2.75) is 31.3 Å². The molecule has 1 aromatic rings. The lowest BCUT2D eigenvalue weighted by atomic mass is 10.0. The second-order valence-corrected chi connectivity index (χ2v) is 6.09. The van der Waals surface area contributed by atoms with Crippen LogP contribution in [0, 0.1) is 0 Å². The highest BCUT2D eigenvalue weighted by Gasteiger charge is 2.29. The smallest absolute Gasteiger partial charge is 0.238 e. The summed E-state index contributed by atoms with van der Waals surface area (Å²) in [6.07, 6.45) is 2.66. The third-order valence-corrected chi connectivity index (χ3v) is 4.10. The first-order chi connectivity index (χ1) is 10.2. The Morgan fingerprint density at radius 1 is 1.33 bits per heavy atom. The summed E-state index contributed by atoms with van der Waals surface area (Å²) in [5, 5.41) is 2.96. The molecule has 21 heavy (non-hydrogen) atoms. The Morgan fingerprint density at radius 2 is 2.10 bits per heavy atom. The summed E-state index contributed by atoms with van der Waals surface area (Å²) in [5.74, 6) is 0.0551. The maximum Gasteiger partial charge on any atom is 0.238 e. The van der Waals surface area contributed by atoms with Crippen LogP contribution in [0.3, 0.4) is 0 Å². The Balaban J connectivity index is 1.74. The minimum atomic E-state index is -0.180. The van der Waals surface area contributed by atoms with Crippen molar-refractivity contribution >= 4 is 21.8 Å². The Labute approximate surface area is 133 Å². The zero-order valence-electron chi connectivity index (χ0n) is 12.2. The molecule has 5 nitrogen and oxygen atoms in total. The van der Waals surface area contributed by atoms with Gasteiger partial charge in [0, 0.05) is 30.8 Å². The molecule has 1 heterocycles. The molecular formula is C15H22BrN3O2. The number of ether oxygens (including phenoxy) is 1. The van der Waals surface area contributed by atoms with Gasteiger partial charge in [0.05, 0.1) is 0 Å². The molecule has 0 radical (unpaired) electrons. The van der Waals surface area contributed by atoms with Crippen LogP contribution in [0.1, 0.15) is 30.9 Å². The highest BCUT2D eigenvalue weighted by molar-refractivity contribution is 9.10. The van der Waals surface area contributed by atoms with Crippen molar-refractivity contribution in [2.75, 3.05) is 20.3 Å². The minimum Gasteiger partial charge on any atom is -0.385 e. The van der Waals surface area contributed by atoms with Crippen molar-refractivity contribution < 1.29 is 9.53 Å². The van der Waals surface area contributed by atoms with Crippen LogP contribution >= 0.6 is 15.9 Å². The minimum absolute atomic E-state index is 0.0551. The van der Waals surface area contributed by atoms with Gasteiger partial charge in [0.25, 0.3) is 0 Å². The van der Waals surface area contributed by atoms with Crippen LogP contribution in [0.4, 0.5) is 0 Å². The van der Waals surface area contributed by atoms with E-state index in [2.05, 4.69) is 44.2 Å². The molecule has 1 amide bonds. The van der Waals surface area contributed by atoms with Gasteiger partial charge in [-0.1, -0.05) is 28.1 Å². The van der Waals surface area contributed by atoms with Crippen molar-refractivity contribution in [1.29, 1.82) is 0 Å². The lowest BCUT2D eigenvalue weighted by Crippen LogP contribution is -2.43. The van der Waals surface area contributed by atoms with Crippen LogP contribution in [0.2, 0.25) is 0 Å². The summed E-state index contributed by atoms with van der Waals surface area (Å²) in [7, 11) is 1.69. The number of benzene rings is 1. The van der Waals surface area contributed by atoms with Gasteiger partial charge in [0.1, 0.15) is 6.04 Å². The summed E-state index contributed by atoms with van der Waals surface area (Å²) < 4.78 is 6.04. The van der Waals surface area contributed by atoms with E-state index in [0.29, 0.717) is 6.54 Å². The first kappa shape index (κ1) is 16.4. The highest BCUT2D eigenvalue weighted by Crippen LogP contribution is 2.23. The summed E-state index contributed by atoms with van der Waals surface area (Å²) >= 11 is 3.43. The lowest BCUT2D eigenvalue weighted by Gasteiger charge is -2.10. The number of amides is 1. The Bertz CT molecular complexity index is 453. The maximum absolute atomic E-state index is 12.1. The van der Waals surface area contributed by atoms with Crippen LogP contribution < -0.4 is 16.2 Å². The van der Waals surface area contributed by atoms with E-state index in [0.717, 1.165) is 30.3 Å². The number of nitrogens with one attached hydrogen (secondary N) is 3. The van der Waals surface area contributed by atoms with Crippen LogP contribution in [-0.4, -0.2) is 32.2 Å². The number of hydrazine groups is 1. The number of hydrogen-bond donors (Lipinski definition) is 3. The van der Waals surface area contributed by atoms with E-state index in [4.69, 9.17) is 4.74 Å². The number of carbonyl (C=O) groups excluding carboxylic acids is 1. The first-order valence-corrected chi connectivity index (χ1v) is 8.03. The topological polar surface area (TPSA) is 62.4 Å². The van der Waals surface area contributed by atoms with Gasteiger partial charge in [0.2, 0.25) is 5.91 Å². The predicted molar refractivity (Wildman–Crippen MR) is 85.7 cm³/mol. The number of rotatable bonds is 7. The molecule has 1 aromatic carbocycles. The Morgan fingerprint density at radius 3 is 2.81 bits per heavy atom. The molecular weight excluding hydrogens is 334 g/mol. The van der Waals surface area contributed by atoms with E-state index in [-0.39, 0.29) is 18.0 Å². The van der Waals surface area contributed by atoms with Gasteiger partial charge in [-0.25, -0.2) is 10.9 Å². The molecule has 2 rings (SSSR count). The van der Waals surface area contributed by atoms with Gasteiger partial charge >= 0.3 is 0 Å². The zero-order valence-corrected chi connectivity index (χ0v) is 13.8. The third kappa shape index (κ3) is 5.07. The molecule has 0 saturated carbocycles. The van der Waals surface area contributed by atoms with Gasteiger partial charge < -0.3 is 10.1 Å². The average Bonchev–Trinajstić information content (AvgIpc) is 2.97. The quantitative estimate of drug-likeness (QED) is 0.653. The molecule has 0 aliphatic carbocycles. The molecule has 0 aromatic heterocycles. The van der Waals surface area contributed by atoms with E-state index in [1.807, 2.05) is 12.1 Å². The van der Waals surface area contributed by atoms with E-state index in [1.54, 1.807) is 7.11 Å². The van der Waals surface area contributed by atoms with Crippen molar-refractivity contribution in [1.82, 2.24) is 16.2 Å². The fraction of sp³-hybridized carbons (Fsp3) is 0.533. The molecule has 116 valence electrons. The van der Waals surface area contributed by atoms with Gasteiger partial charge in [-0.05, 0) is 37.0 Å². The number of carbonyl (C=O) groups is 1. The van der Waals surface area contributed by atoms with Crippen molar-refractivity contribution in [3.8, 4) is 0 Å². The number of unbranched alkanes of at least 4 members (excludes halogenated alkanes) is 1. The monoisotopic (exact) mass is 355 g/mol. The second-order valence-electron chi connectivity index (χ2n) is 5.17. The Kier molecular flexibility index (Phi) is 6.63. The summed E-state index contributed by atoms with van der Waals surface area (Å²) in [6, 6.07) is 8.15. The van der Waals surface area contributed by atoms with E-state index >= 15 is 0 Å². The van der Waals surface area contributed by atoms with Gasteiger partial charge in [-0.3, -0.25) is 4.79 Å². The highest BCUT2D eigenvalue weighted by atomic mass is 79.9. The third-order valence-electron chi connectivity index (χ3n) is 3.57. The Hall–Kier alpha value is -0.950. The fourth-order valence-corrected chi connectivity index (χ4v) is 2.61. The van der Waals surface area contributed by atoms with Crippen LogP contribution in [0.15, 0.2) is 28.7 Å². The van der Waals surface area contributed by atoms with Crippen LogP contribution in [0.5, 0.6) is 0 Å². The molecule has 2 unspecified atom stereocenters. The molecule has 1 aliphatic rings. The molecule has 0 bridgehead atoms.